The fourth-order valence-corrected chi connectivity index (χ4v) is 3.35. The first kappa shape index (κ1) is 15.5. The molecule has 0 aromatic heterocycles. The Hall–Kier alpha value is -0.930. The lowest BCUT2D eigenvalue weighted by molar-refractivity contribution is -0.0898. The smallest absolute Gasteiger partial charge is 0.123 e. The van der Waals surface area contributed by atoms with Gasteiger partial charge in [-0.15, -0.1) is 0 Å². The van der Waals surface area contributed by atoms with Gasteiger partial charge >= 0.3 is 0 Å². The summed E-state index contributed by atoms with van der Waals surface area (Å²) in [6.07, 6.45) is 4.27. The second-order valence-electron chi connectivity index (χ2n) is 6.16. The summed E-state index contributed by atoms with van der Waals surface area (Å²) in [6, 6.07) is 4.68. The van der Waals surface area contributed by atoms with E-state index in [0.29, 0.717) is 6.61 Å². The number of aryl methyl sites for hydroxylation is 1. The van der Waals surface area contributed by atoms with E-state index in [9.17, 15) is 4.39 Å². The van der Waals surface area contributed by atoms with Gasteiger partial charge in [-0.2, -0.15) is 0 Å². The van der Waals surface area contributed by atoms with E-state index >= 15 is 0 Å². The lowest BCUT2D eigenvalue weighted by Crippen LogP contribution is -2.46. The molecule has 1 aliphatic carbocycles. The van der Waals surface area contributed by atoms with E-state index < -0.39 is 0 Å². The topological polar surface area (TPSA) is 35.2 Å². The molecule has 2 rings (SSSR count). The first-order chi connectivity index (χ1) is 9.48. The predicted molar refractivity (Wildman–Crippen MR) is 80.1 cm³/mol. The van der Waals surface area contributed by atoms with E-state index in [1.807, 2.05) is 19.9 Å². The van der Waals surface area contributed by atoms with Crippen LogP contribution in [0.25, 0.3) is 0 Å². The van der Waals surface area contributed by atoms with Crippen molar-refractivity contribution in [1.82, 2.24) is 0 Å². The average molecular weight is 279 g/mol. The van der Waals surface area contributed by atoms with Crippen molar-refractivity contribution in [2.75, 3.05) is 6.61 Å². The molecule has 1 fully saturated rings. The third-order valence-electron chi connectivity index (χ3n) is 4.69. The molecule has 1 atom stereocenters. The summed E-state index contributed by atoms with van der Waals surface area (Å²) in [5, 5.41) is 0. The number of nitrogens with two attached hydrogens (primary N) is 1. The molecule has 1 unspecified atom stereocenters. The van der Waals surface area contributed by atoms with Gasteiger partial charge in [0.15, 0.2) is 0 Å². The van der Waals surface area contributed by atoms with Crippen LogP contribution >= 0.6 is 0 Å². The maximum Gasteiger partial charge on any atom is 0.123 e. The Kier molecular flexibility index (Phi) is 4.82. The molecule has 2 N–H and O–H groups in total. The minimum absolute atomic E-state index is 0.185. The summed E-state index contributed by atoms with van der Waals surface area (Å²) in [5.74, 6) is 0.534. The van der Waals surface area contributed by atoms with Gasteiger partial charge in [-0.1, -0.05) is 13.0 Å². The predicted octanol–water partition coefficient (Wildman–Crippen LogP) is 4.12. The van der Waals surface area contributed by atoms with Crippen molar-refractivity contribution in [3.63, 3.8) is 0 Å². The number of benzene rings is 1. The highest BCUT2D eigenvalue weighted by Crippen LogP contribution is 2.42. The van der Waals surface area contributed by atoms with Gasteiger partial charge in [0.05, 0.1) is 11.6 Å². The largest absolute Gasteiger partial charge is 0.373 e. The second kappa shape index (κ2) is 6.23. The molecule has 112 valence electrons. The van der Waals surface area contributed by atoms with Gasteiger partial charge < -0.3 is 10.5 Å². The molecule has 0 heterocycles. The number of halogens is 1. The van der Waals surface area contributed by atoms with E-state index in [1.165, 1.54) is 6.07 Å². The SMILES string of the molecule is CCOC1(C(N)c2ccc(F)cc2C)CCC(C)CC1. The molecule has 1 aromatic carbocycles. The molecule has 1 aromatic rings. The summed E-state index contributed by atoms with van der Waals surface area (Å²) >= 11 is 0. The van der Waals surface area contributed by atoms with Crippen molar-refractivity contribution < 1.29 is 9.13 Å². The Labute approximate surface area is 121 Å². The van der Waals surface area contributed by atoms with Crippen LogP contribution in [0.5, 0.6) is 0 Å². The number of hydrogen-bond acceptors (Lipinski definition) is 2. The van der Waals surface area contributed by atoms with Crippen LogP contribution in [0.15, 0.2) is 18.2 Å². The van der Waals surface area contributed by atoms with E-state index in [1.54, 1.807) is 6.07 Å². The van der Waals surface area contributed by atoms with Crippen molar-refractivity contribution >= 4 is 0 Å². The van der Waals surface area contributed by atoms with Gasteiger partial charge in [0.1, 0.15) is 5.82 Å². The highest BCUT2D eigenvalue weighted by Gasteiger charge is 2.41. The van der Waals surface area contributed by atoms with Crippen molar-refractivity contribution in [2.24, 2.45) is 11.7 Å². The Morgan fingerprint density at radius 2 is 2.05 bits per heavy atom. The first-order valence-electron chi connectivity index (χ1n) is 7.64. The van der Waals surface area contributed by atoms with Gasteiger partial charge in [-0.25, -0.2) is 4.39 Å². The Bertz CT molecular complexity index is 452. The lowest BCUT2D eigenvalue weighted by atomic mass is 9.73. The zero-order chi connectivity index (χ0) is 14.8. The molecule has 0 radical (unpaired) electrons. The lowest BCUT2D eigenvalue weighted by Gasteiger charge is -2.43. The first-order valence-corrected chi connectivity index (χ1v) is 7.64. The monoisotopic (exact) mass is 279 g/mol. The van der Waals surface area contributed by atoms with E-state index in [2.05, 4.69) is 6.92 Å². The van der Waals surface area contributed by atoms with Crippen molar-refractivity contribution in [2.45, 2.75) is 58.1 Å². The molecule has 0 bridgehead atoms. The van der Waals surface area contributed by atoms with Crippen LogP contribution in [0.1, 0.15) is 56.7 Å². The number of ether oxygens (including phenoxy) is 1. The summed E-state index contributed by atoms with van der Waals surface area (Å²) in [7, 11) is 0. The highest BCUT2D eigenvalue weighted by molar-refractivity contribution is 5.31. The zero-order valence-corrected chi connectivity index (χ0v) is 12.8. The maximum absolute atomic E-state index is 13.3. The molecule has 1 saturated carbocycles. The molecule has 2 nitrogen and oxygen atoms in total. The molecule has 0 aliphatic heterocycles. The molecule has 1 aliphatic rings. The standard InChI is InChI=1S/C17H26FNO/c1-4-20-17(9-7-12(2)8-10-17)16(19)15-6-5-14(18)11-13(15)3/h5-6,11-12,16H,4,7-10,19H2,1-3H3. The summed E-state index contributed by atoms with van der Waals surface area (Å²) < 4.78 is 19.4. The van der Waals surface area contributed by atoms with Crippen LogP contribution in [-0.4, -0.2) is 12.2 Å². The van der Waals surface area contributed by atoms with Gasteiger partial charge in [0.2, 0.25) is 0 Å². The Balaban J connectivity index is 2.28. The number of hydrogen-bond donors (Lipinski definition) is 1. The fraction of sp³-hybridized carbons (Fsp3) is 0.647. The Morgan fingerprint density at radius 1 is 1.40 bits per heavy atom. The van der Waals surface area contributed by atoms with Crippen LogP contribution in [-0.2, 0) is 4.74 Å². The van der Waals surface area contributed by atoms with E-state index in [0.717, 1.165) is 42.7 Å². The minimum Gasteiger partial charge on any atom is -0.373 e. The minimum atomic E-state index is -0.288. The summed E-state index contributed by atoms with van der Waals surface area (Å²) in [5.41, 5.74) is 8.17. The van der Waals surface area contributed by atoms with Crippen molar-refractivity contribution in [1.29, 1.82) is 0 Å². The zero-order valence-electron chi connectivity index (χ0n) is 12.8. The molecule has 3 heteroatoms. The Morgan fingerprint density at radius 3 is 2.60 bits per heavy atom. The molecule has 0 saturated heterocycles. The molecule has 20 heavy (non-hydrogen) atoms. The number of rotatable bonds is 4. The van der Waals surface area contributed by atoms with Gasteiger partial charge in [-0.05, 0) is 68.7 Å². The van der Waals surface area contributed by atoms with Crippen molar-refractivity contribution in [3.8, 4) is 0 Å². The molecular formula is C17H26FNO. The maximum atomic E-state index is 13.3. The van der Waals surface area contributed by atoms with Gasteiger partial charge in [-0.3, -0.25) is 0 Å². The molecule has 0 spiro atoms. The van der Waals surface area contributed by atoms with Crippen LogP contribution in [0, 0.1) is 18.7 Å². The van der Waals surface area contributed by atoms with Crippen molar-refractivity contribution in [3.05, 3.63) is 35.1 Å². The van der Waals surface area contributed by atoms with E-state index in [4.69, 9.17) is 10.5 Å². The third kappa shape index (κ3) is 3.04. The second-order valence-corrected chi connectivity index (χ2v) is 6.16. The van der Waals surface area contributed by atoms with E-state index in [-0.39, 0.29) is 17.5 Å². The molecular weight excluding hydrogens is 253 g/mol. The normalized spacial score (nSPS) is 28.4. The quantitative estimate of drug-likeness (QED) is 0.899. The molecule has 0 amide bonds. The van der Waals surface area contributed by atoms with Crippen LogP contribution in [0.2, 0.25) is 0 Å². The highest BCUT2D eigenvalue weighted by atomic mass is 19.1. The third-order valence-corrected chi connectivity index (χ3v) is 4.69. The van der Waals surface area contributed by atoms with Crippen LogP contribution < -0.4 is 5.73 Å². The van der Waals surface area contributed by atoms with Crippen LogP contribution in [0.4, 0.5) is 4.39 Å². The summed E-state index contributed by atoms with van der Waals surface area (Å²) in [4.78, 5) is 0. The van der Waals surface area contributed by atoms with Crippen LogP contribution in [0.3, 0.4) is 0 Å². The van der Waals surface area contributed by atoms with Gasteiger partial charge in [0, 0.05) is 6.61 Å². The fourth-order valence-electron chi connectivity index (χ4n) is 3.35. The average Bonchev–Trinajstić information content (AvgIpc) is 2.41. The van der Waals surface area contributed by atoms with Gasteiger partial charge in [0.25, 0.3) is 0 Å². The summed E-state index contributed by atoms with van der Waals surface area (Å²) in [6.45, 7) is 6.89.